The molecular weight excluding hydrogens is 343 g/mol. The lowest BCUT2D eigenvalue weighted by Gasteiger charge is -2.40. The maximum Gasteiger partial charge on any atom is 0.311 e. The van der Waals surface area contributed by atoms with Crippen molar-refractivity contribution in [3.63, 3.8) is 0 Å². The molecule has 0 bridgehead atoms. The van der Waals surface area contributed by atoms with Crippen molar-refractivity contribution >= 4 is 28.3 Å². The Kier molecular flexibility index (Phi) is 5.13. The Morgan fingerprint density at radius 2 is 2.20 bits per heavy atom. The fourth-order valence-corrected chi connectivity index (χ4v) is 3.69. The molecule has 0 aliphatic heterocycles. The van der Waals surface area contributed by atoms with Gasteiger partial charge in [-0.15, -0.1) is 11.3 Å². The number of anilines is 1. The first kappa shape index (κ1) is 17.5. The first-order chi connectivity index (χ1) is 12.0. The summed E-state index contributed by atoms with van der Waals surface area (Å²) in [5.41, 5.74) is 0.557. The average molecular weight is 362 g/mol. The van der Waals surface area contributed by atoms with Gasteiger partial charge in [0.1, 0.15) is 5.82 Å². The molecule has 0 atom stereocenters. The molecule has 1 aliphatic rings. The van der Waals surface area contributed by atoms with E-state index < -0.39 is 5.41 Å². The number of amides is 1. The molecule has 7 heteroatoms. The van der Waals surface area contributed by atoms with Crippen molar-refractivity contribution in [3.05, 3.63) is 46.7 Å². The van der Waals surface area contributed by atoms with Crippen LogP contribution in [0.4, 0.5) is 9.52 Å². The standard InChI is InChI=1S/C18H19FN2O3S/c1-2-24-15(22)10-14-11-25-17(20-14)21-16(23)18(7-4-8-18)12-5-3-6-13(19)9-12/h3,5-6,9,11H,2,4,7-8,10H2,1H3,(H,20,21,23). The highest BCUT2D eigenvalue weighted by atomic mass is 32.1. The molecule has 1 N–H and O–H groups in total. The highest BCUT2D eigenvalue weighted by Gasteiger charge is 2.46. The van der Waals surface area contributed by atoms with Crippen molar-refractivity contribution in [1.29, 1.82) is 0 Å². The summed E-state index contributed by atoms with van der Waals surface area (Å²) in [6.45, 7) is 2.07. The third kappa shape index (κ3) is 3.71. The summed E-state index contributed by atoms with van der Waals surface area (Å²) in [7, 11) is 0. The summed E-state index contributed by atoms with van der Waals surface area (Å²) < 4.78 is 18.4. The van der Waals surface area contributed by atoms with Gasteiger partial charge in [0.15, 0.2) is 5.13 Å². The van der Waals surface area contributed by atoms with Gasteiger partial charge in [-0.2, -0.15) is 0 Å². The molecule has 1 aliphatic carbocycles. The number of hydrogen-bond donors (Lipinski definition) is 1. The summed E-state index contributed by atoms with van der Waals surface area (Å²) in [5, 5.41) is 4.98. The molecule has 25 heavy (non-hydrogen) atoms. The van der Waals surface area contributed by atoms with Gasteiger partial charge in [0, 0.05) is 5.38 Å². The molecule has 3 rings (SSSR count). The SMILES string of the molecule is CCOC(=O)Cc1csc(NC(=O)C2(c3cccc(F)c3)CCC2)n1. The normalized spacial score (nSPS) is 15.3. The minimum absolute atomic E-state index is 0.0786. The van der Waals surface area contributed by atoms with Crippen molar-refractivity contribution in [2.75, 3.05) is 11.9 Å². The number of nitrogens with zero attached hydrogens (tertiary/aromatic N) is 1. The van der Waals surface area contributed by atoms with Gasteiger partial charge in [0.25, 0.3) is 0 Å². The summed E-state index contributed by atoms with van der Waals surface area (Å²) in [4.78, 5) is 28.6. The van der Waals surface area contributed by atoms with Crippen LogP contribution in [0.15, 0.2) is 29.6 Å². The molecule has 0 spiro atoms. The molecule has 0 unspecified atom stereocenters. The number of nitrogens with one attached hydrogen (secondary N) is 1. The van der Waals surface area contributed by atoms with Gasteiger partial charge in [0.2, 0.25) is 5.91 Å². The second-order valence-corrected chi connectivity index (χ2v) is 6.88. The van der Waals surface area contributed by atoms with Crippen molar-refractivity contribution in [2.24, 2.45) is 0 Å². The van der Waals surface area contributed by atoms with Crippen LogP contribution in [0.5, 0.6) is 0 Å². The molecule has 1 fully saturated rings. The first-order valence-corrected chi connectivity index (χ1v) is 9.09. The van der Waals surface area contributed by atoms with Gasteiger partial charge in [-0.3, -0.25) is 9.59 Å². The molecule has 1 saturated carbocycles. The third-order valence-electron chi connectivity index (χ3n) is 4.42. The zero-order valence-corrected chi connectivity index (χ0v) is 14.7. The Hall–Kier alpha value is -2.28. The number of halogens is 1. The van der Waals surface area contributed by atoms with E-state index in [2.05, 4.69) is 10.3 Å². The van der Waals surface area contributed by atoms with Gasteiger partial charge < -0.3 is 10.1 Å². The van der Waals surface area contributed by atoms with Crippen molar-refractivity contribution in [1.82, 2.24) is 4.98 Å². The summed E-state index contributed by atoms with van der Waals surface area (Å²) in [5.74, 6) is -0.871. The van der Waals surface area contributed by atoms with Crippen LogP contribution in [0, 0.1) is 5.82 Å². The van der Waals surface area contributed by atoms with Crippen LogP contribution in [0.2, 0.25) is 0 Å². The molecule has 1 heterocycles. The molecule has 1 aromatic heterocycles. The zero-order chi connectivity index (χ0) is 17.9. The first-order valence-electron chi connectivity index (χ1n) is 8.21. The number of benzene rings is 1. The van der Waals surface area contributed by atoms with Crippen LogP contribution in [0.3, 0.4) is 0 Å². The van der Waals surface area contributed by atoms with Gasteiger partial charge >= 0.3 is 5.97 Å². The smallest absolute Gasteiger partial charge is 0.311 e. The van der Waals surface area contributed by atoms with Crippen LogP contribution in [0.25, 0.3) is 0 Å². The number of hydrogen-bond acceptors (Lipinski definition) is 5. The van der Waals surface area contributed by atoms with Gasteiger partial charge in [-0.1, -0.05) is 18.6 Å². The Labute approximate surface area is 149 Å². The largest absolute Gasteiger partial charge is 0.466 e. The predicted octanol–water partition coefficient (Wildman–Crippen LogP) is 3.45. The van der Waals surface area contributed by atoms with E-state index in [1.807, 2.05) is 0 Å². The molecule has 0 saturated heterocycles. The molecular formula is C18H19FN2O3S. The maximum atomic E-state index is 13.6. The molecule has 1 aromatic carbocycles. The monoisotopic (exact) mass is 362 g/mol. The van der Waals surface area contributed by atoms with Crippen LogP contribution in [0.1, 0.15) is 37.4 Å². The number of ether oxygens (including phenoxy) is 1. The van der Waals surface area contributed by atoms with Gasteiger partial charge in [0.05, 0.1) is 24.1 Å². The van der Waals surface area contributed by atoms with E-state index in [0.717, 1.165) is 6.42 Å². The molecule has 0 radical (unpaired) electrons. The quantitative estimate of drug-likeness (QED) is 0.799. The number of carbonyl (C=O) groups excluding carboxylic acids is 2. The van der Waals surface area contributed by atoms with E-state index in [-0.39, 0.29) is 24.1 Å². The summed E-state index contributed by atoms with van der Waals surface area (Å²) in [6.07, 6.45) is 2.37. The molecule has 1 amide bonds. The Morgan fingerprint density at radius 1 is 1.40 bits per heavy atom. The minimum atomic E-state index is -0.699. The van der Waals surface area contributed by atoms with E-state index in [4.69, 9.17) is 4.74 Å². The Morgan fingerprint density at radius 3 is 2.84 bits per heavy atom. The number of thiazole rings is 1. The molecule has 2 aromatic rings. The van der Waals surface area contributed by atoms with E-state index in [1.165, 1.54) is 23.5 Å². The lowest BCUT2D eigenvalue weighted by atomic mass is 9.64. The highest BCUT2D eigenvalue weighted by Crippen LogP contribution is 2.44. The molecule has 5 nitrogen and oxygen atoms in total. The lowest BCUT2D eigenvalue weighted by Crippen LogP contribution is -2.46. The topological polar surface area (TPSA) is 68.3 Å². The average Bonchev–Trinajstić information content (AvgIpc) is 2.93. The van der Waals surface area contributed by atoms with E-state index in [0.29, 0.717) is 35.8 Å². The third-order valence-corrected chi connectivity index (χ3v) is 5.23. The predicted molar refractivity (Wildman–Crippen MR) is 93.0 cm³/mol. The maximum absolute atomic E-state index is 13.6. The second kappa shape index (κ2) is 7.31. The van der Waals surface area contributed by atoms with Crippen molar-refractivity contribution in [2.45, 2.75) is 38.0 Å². The van der Waals surface area contributed by atoms with E-state index >= 15 is 0 Å². The van der Waals surface area contributed by atoms with E-state index in [9.17, 15) is 14.0 Å². The molecule has 132 valence electrons. The summed E-state index contributed by atoms with van der Waals surface area (Å²) >= 11 is 1.26. The second-order valence-electron chi connectivity index (χ2n) is 6.03. The number of rotatable bonds is 6. The van der Waals surface area contributed by atoms with Crippen molar-refractivity contribution < 1.29 is 18.7 Å². The van der Waals surface area contributed by atoms with Crippen LogP contribution in [-0.4, -0.2) is 23.5 Å². The Balaban J connectivity index is 1.71. The number of aromatic nitrogens is 1. The number of carbonyl (C=O) groups is 2. The van der Waals surface area contributed by atoms with Gasteiger partial charge in [-0.25, -0.2) is 9.37 Å². The number of esters is 1. The minimum Gasteiger partial charge on any atom is -0.466 e. The lowest BCUT2D eigenvalue weighted by molar-refractivity contribution is -0.142. The van der Waals surface area contributed by atoms with Gasteiger partial charge in [-0.05, 0) is 37.5 Å². The van der Waals surface area contributed by atoms with Crippen molar-refractivity contribution in [3.8, 4) is 0 Å². The zero-order valence-electron chi connectivity index (χ0n) is 13.9. The Bertz CT molecular complexity index is 786. The summed E-state index contributed by atoms with van der Waals surface area (Å²) in [6, 6.07) is 6.21. The van der Waals surface area contributed by atoms with E-state index in [1.54, 1.807) is 24.4 Å². The fourth-order valence-electron chi connectivity index (χ4n) is 2.99. The van der Waals surface area contributed by atoms with Crippen LogP contribution >= 0.6 is 11.3 Å². The fraction of sp³-hybridized carbons (Fsp3) is 0.389. The highest BCUT2D eigenvalue weighted by molar-refractivity contribution is 7.14. The van der Waals surface area contributed by atoms with Crippen LogP contribution in [-0.2, 0) is 26.2 Å². The van der Waals surface area contributed by atoms with Crippen LogP contribution < -0.4 is 5.32 Å².